The summed E-state index contributed by atoms with van der Waals surface area (Å²) in [5.41, 5.74) is 3.88. The van der Waals surface area contributed by atoms with E-state index in [2.05, 4.69) is 46.4 Å². The zero-order chi connectivity index (χ0) is 13.8. The van der Waals surface area contributed by atoms with Crippen molar-refractivity contribution in [1.29, 1.82) is 5.26 Å². The number of hydrogen-bond donors (Lipinski definition) is 1. The highest BCUT2D eigenvalue weighted by Gasteiger charge is 2.08. The second kappa shape index (κ2) is 5.90. The standard InChI is InChI=1S/C16H15BrN2/c1-11-6-7-14(10-18)16(8-11)19-12(2)13-4-3-5-15(17)9-13/h3-9,12,19H,1-2H3. The molecule has 0 aliphatic rings. The van der Waals surface area contributed by atoms with E-state index in [1.54, 1.807) is 0 Å². The maximum absolute atomic E-state index is 9.14. The molecule has 0 saturated heterocycles. The van der Waals surface area contributed by atoms with Gasteiger partial charge in [0, 0.05) is 10.5 Å². The van der Waals surface area contributed by atoms with Crippen molar-refractivity contribution in [2.75, 3.05) is 5.32 Å². The molecule has 0 radical (unpaired) electrons. The lowest BCUT2D eigenvalue weighted by molar-refractivity contribution is 0.882. The van der Waals surface area contributed by atoms with Crippen molar-refractivity contribution in [3.8, 4) is 6.07 Å². The summed E-state index contributed by atoms with van der Waals surface area (Å²) in [5.74, 6) is 0. The third kappa shape index (κ3) is 3.36. The summed E-state index contributed by atoms with van der Waals surface area (Å²) in [7, 11) is 0. The Hall–Kier alpha value is -1.79. The Balaban J connectivity index is 2.26. The maximum Gasteiger partial charge on any atom is 0.101 e. The fraction of sp³-hybridized carbons (Fsp3) is 0.188. The lowest BCUT2D eigenvalue weighted by Gasteiger charge is -2.17. The van der Waals surface area contributed by atoms with Crippen molar-refractivity contribution in [3.63, 3.8) is 0 Å². The quantitative estimate of drug-likeness (QED) is 0.883. The van der Waals surface area contributed by atoms with E-state index < -0.39 is 0 Å². The summed E-state index contributed by atoms with van der Waals surface area (Å²) in [6.45, 7) is 4.11. The Kier molecular flexibility index (Phi) is 4.24. The summed E-state index contributed by atoms with van der Waals surface area (Å²) in [4.78, 5) is 0. The Morgan fingerprint density at radius 3 is 2.68 bits per heavy atom. The van der Waals surface area contributed by atoms with Crippen molar-refractivity contribution in [2.45, 2.75) is 19.9 Å². The fourth-order valence-electron chi connectivity index (χ4n) is 1.97. The number of benzene rings is 2. The van der Waals surface area contributed by atoms with E-state index in [-0.39, 0.29) is 6.04 Å². The van der Waals surface area contributed by atoms with Gasteiger partial charge in [-0.25, -0.2) is 0 Å². The first-order valence-electron chi connectivity index (χ1n) is 6.13. The monoisotopic (exact) mass is 314 g/mol. The third-order valence-electron chi connectivity index (χ3n) is 3.02. The van der Waals surface area contributed by atoms with Crippen molar-refractivity contribution in [3.05, 3.63) is 63.6 Å². The molecule has 1 N–H and O–H groups in total. The summed E-state index contributed by atoms with van der Waals surface area (Å²) in [5, 5.41) is 12.5. The molecule has 0 amide bonds. The minimum absolute atomic E-state index is 0.145. The fourth-order valence-corrected chi connectivity index (χ4v) is 2.38. The zero-order valence-electron chi connectivity index (χ0n) is 10.9. The Labute approximate surface area is 122 Å². The highest BCUT2D eigenvalue weighted by atomic mass is 79.9. The van der Waals surface area contributed by atoms with Crippen LogP contribution in [0.15, 0.2) is 46.9 Å². The van der Waals surface area contributed by atoms with Crippen LogP contribution in [-0.2, 0) is 0 Å². The second-order valence-electron chi connectivity index (χ2n) is 4.58. The van der Waals surface area contributed by atoms with Crippen LogP contribution in [0, 0.1) is 18.3 Å². The van der Waals surface area contributed by atoms with E-state index >= 15 is 0 Å². The molecule has 2 rings (SSSR count). The van der Waals surface area contributed by atoms with Crippen LogP contribution in [0.3, 0.4) is 0 Å². The van der Waals surface area contributed by atoms with Crippen molar-refractivity contribution in [1.82, 2.24) is 0 Å². The molecule has 0 bridgehead atoms. The summed E-state index contributed by atoms with van der Waals surface area (Å²) >= 11 is 3.48. The summed E-state index contributed by atoms with van der Waals surface area (Å²) in [6.07, 6.45) is 0. The number of halogens is 1. The van der Waals surface area contributed by atoms with Crippen LogP contribution in [0.5, 0.6) is 0 Å². The number of nitrogens with one attached hydrogen (secondary N) is 1. The Morgan fingerprint density at radius 1 is 1.21 bits per heavy atom. The molecule has 1 unspecified atom stereocenters. The first-order chi connectivity index (χ1) is 9.10. The average molecular weight is 315 g/mol. The van der Waals surface area contributed by atoms with Gasteiger partial charge >= 0.3 is 0 Å². The minimum atomic E-state index is 0.145. The highest BCUT2D eigenvalue weighted by molar-refractivity contribution is 9.10. The predicted molar refractivity (Wildman–Crippen MR) is 82.1 cm³/mol. The lowest BCUT2D eigenvalue weighted by atomic mass is 10.1. The summed E-state index contributed by atoms with van der Waals surface area (Å²) < 4.78 is 1.06. The number of nitriles is 1. The van der Waals surface area contributed by atoms with E-state index in [0.29, 0.717) is 5.56 Å². The SMILES string of the molecule is Cc1ccc(C#N)c(NC(C)c2cccc(Br)c2)c1. The molecular formula is C16H15BrN2. The second-order valence-corrected chi connectivity index (χ2v) is 5.50. The van der Waals surface area contributed by atoms with Crippen molar-refractivity contribution < 1.29 is 0 Å². The average Bonchev–Trinajstić information content (AvgIpc) is 2.39. The number of nitrogens with zero attached hydrogens (tertiary/aromatic N) is 1. The molecule has 2 aromatic rings. The molecule has 2 aromatic carbocycles. The van der Waals surface area contributed by atoms with Gasteiger partial charge in [-0.15, -0.1) is 0 Å². The van der Waals surface area contributed by atoms with Crippen LogP contribution >= 0.6 is 15.9 Å². The van der Waals surface area contributed by atoms with E-state index in [0.717, 1.165) is 15.7 Å². The summed E-state index contributed by atoms with van der Waals surface area (Å²) in [6, 6.07) is 16.3. The first kappa shape index (κ1) is 13.6. The molecule has 0 saturated carbocycles. The molecule has 3 heteroatoms. The van der Waals surface area contributed by atoms with E-state index in [1.165, 1.54) is 5.56 Å². The van der Waals surface area contributed by atoms with Crippen LogP contribution in [0.1, 0.15) is 29.7 Å². The van der Waals surface area contributed by atoms with E-state index in [1.807, 2.05) is 37.3 Å². The van der Waals surface area contributed by atoms with Crippen LogP contribution in [0.2, 0.25) is 0 Å². The molecule has 0 spiro atoms. The van der Waals surface area contributed by atoms with Gasteiger partial charge in [0.15, 0.2) is 0 Å². The van der Waals surface area contributed by atoms with Crippen LogP contribution in [0.4, 0.5) is 5.69 Å². The molecule has 96 valence electrons. The molecule has 1 atom stereocenters. The smallest absolute Gasteiger partial charge is 0.101 e. The molecular weight excluding hydrogens is 300 g/mol. The molecule has 2 nitrogen and oxygen atoms in total. The van der Waals surface area contributed by atoms with Crippen LogP contribution in [0.25, 0.3) is 0 Å². The van der Waals surface area contributed by atoms with Gasteiger partial charge in [0.05, 0.1) is 11.3 Å². The van der Waals surface area contributed by atoms with Gasteiger partial charge in [-0.3, -0.25) is 0 Å². The number of hydrogen-bond acceptors (Lipinski definition) is 2. The van der Waals surface area contributed by atoms with Crippen molar-refractivity contribution in [2.24, 2.45) is 0 Å². The molecule has 0 aromatic heterocycles. The van der Waals surface area contributed by atoms with Gasteiger partial charge < -0.3 is 5.32 Å². The largest absolute Gasteiger partial charge is 0.377 e. The van der Waals surface area contributed by atoms with Crippen LogP contribution in [-0.4, -0.2) is 0 Å². The Morgan fingerprint density at radius 2 is 2.00 bits per heavy atom. The predicted octanol–water partition coefficient (Wildman–Crippen LogP) is 4.80. The first-order valence-corrected chi connectivity index (χ1v) is 6.92. The van der Waals surface area contributed by atoms with Crippen LogP contribution < -0.4 is 5.32 Å². The zero-order valence-corrected chi connectivity index (χ0v) is 12.5. The molecule has 0 aliphatic heterocycles. The number of rotatable bonds is 3. The van der Waals surface area contributed by atoms with E-state index in [9.17, 15) is 0 Å². The van der Waals surface area contributed by atoms with Gasteiger partial charge in [0.25, 0.3) is 0 Å². The molecule has 19 heavy (non-hydrogen) atoms. The van der Waals surface area contributed by atoms with Gasteiger partial charge in [-0.1, -0.05) is 34.1 Å². The van der Waals surface area contributed by atoms with E-state index in [4.69, 9.17) is 5.26 Å². The highest BCUT2D eigenvalue weighted by Crippen LogP contribution is 2.24. The van der Waals surface area contributed by atoms with Gasteiger partial charge in [-0.2, -0.15) is 5.26 Å². The topological polar surface area (TPSA) is 35.8 Å². The van der Waals surface area contributed by atoms with Gasteiger partial charge in [-0.05, 0) is 49.2 Å². The van der Waals surface area contributed by atoms with Gasteiger partial charge in [0.1, 0.15) is 6.07 Å². The number of anilines is 1. The molecule has 0 heterocycles. The normalized spacial score (nSPS) is 11.7. The molecule has 0 aliphatic carbocycles. The molecule has 0 fully saturated rings. The van der Waals surface area contributed by atoms with Crippen molar-refractivity contribution >= 4 is 21.6 Å². The Bertz CT molecular complexity index is 629. The minimum Gasteiger partial charge on any atom is -0.377 e. The number of aryl methyl sites for hydroxylation is 1. The maximum atomic E-state index is 9.14. The van der Waals surface area contributed by atoms with Gasteiger partial charge in [0.2, 0.25) is 0 Å². The third-order valence-corrected chi connectivity index (χ3v) is 3.51. The lowest BCUT2D eigenvalue weighted by Crippen LogP contribution is -2.08.